The molecule has 0 spiro atoms. The Hall–Kier alpha value is -2.62. The Kier molecular flexibility index (Phi) is 6.68. The second kappa shape index (κ2) is 9.48. The molecule has 6 nitrogen and oxygen atoms in total. The molecule has 0 unspecified atom stereocenters. The van der Waals surface area contributed by atoms with Gasteiger partial charge in [-0.3, -0.25) is 14.5 Å². The third-order valence-electron chi connectivity index (χ3n) is 5.73. The molecule has 2 aromatic rings. The van der Waals surface area contributed by atoms with Gasteiger partial charge in [-0.1, -0.05) is 12.8 Å². The number of benzene rings is 1. The number of halogens is 3. The van der Waals surface area contributed by atoms with Gasteiger partial charge in [0.05, 0.1) is 29.1 Å². The fourth-order valence-electron chi connectivity index (χ4n) is 4.11. The van der Waals surface area contributed by atoms with Crippen LogP contribution in [-0.4, -0.2) is 36.4 Å². The number of hydrogen-bond donors (Lipinski definition) is 1. The van der Waals surface area contributed by atoms with Crippen molar-refractivity contribution in [3.63, 3.8) is 0 Å². The van der Waals surface area contributed by atoms with Gasteiger partial charge in [-0.25, -0.2) is 4.98 Å². The number of carbonyl (C=O) groups excluding carboxylic acids is 2. The molecule has 32 heavy (non-hydrogen) atoms. The molecule has 2 amide bonds. The van der Waals surface area contributed by atoms with Crippen LogP contribution < -0.4 is 15.1 Å². The van der Waals surface area contributed by atoms with Gasteiger partial charge in [-0.15, -0.1) is 11.3 Å². The Labute approximate surface area is 188 Å². The monoisotopic (exact) mass is 466 g/mol. The van der Waals surface area contributed by atoms with Crippen LogP contribution in [0.25, 0.3) is 0 Å². The summed E-state index contributed by atoms with van der Waals surface area (Å²) < 4.78 is 39.9. The standard InChI is InChI=1S/C22H25F3N4O2S/c23-22(24,25)15-7-8-18(28-9-3-1-2-4-10-28)17(12-15)27-19(30)13-16-14-32-21(26-16)29-11-5-6-20(29)31/h7-8,12,14H,1-6,9-11,13H2,(H,27,30). The molecule has 1 N–H and O–H groups in total. The maximum absolute atomic E-state index is 13.3. The van der Waals surface area contributed by atoms with Gasteiger partial charge in [0.25, 0.3) is 0 Å². The maximum atomic E-state index is 13.3. The van der Waals surface area contributed by atoms with E-state index in [1.54, 1.807) is 10.3 Å². The third kappa shape index (κ3) is 5.23. The van der Waals surface area contributed by atoms with Gasteiger partial charge < -0.3 is 10.2 Å². The molecule has 2 aliphatic heterocycles. The molecule has 0 aliphatic carbocycles. The van der Waals surface area contributed by atoms with Crippen LogP contribution in [0.1, 0.15) is 49.8 Å². The zero-order chi connectivity index (χ0) is 22.7. The number of rotatable bonds is 5. The van der Waals surface area contributed by atoms with Gasteiger partial charge in [0.15, 0.2) is 5.13 Å². The van der Waals surface area contributed by atoms with Gasteiger partial charge in [0.1, 0.15) is 0 Å². The number of alkyl halides is 3. The molecule has 0 saturated carbocycles. The number of anilines is 3. The van der Waals surface area contributed by atoms with E-state index in [4.69, 9.17) is 0 Å². The largest absolute Gasteiger partial charge is 0.416 e. The van der Waals surface area contributed by atoms with Crippen molar-refractivity contribution in [2.24, 2.45) is 0 Å². The number of nitrogens with one attached hydrogen (secondary N) is 1. The minimum absolute atomic E-state index is 0.0152. The zero-order valence-electron chi connectivity index (χ0n) is 17.6. The number of aromatic nitrogens is 1. The third-order valence-corrected chi connectivity index (χ3v) is 6.64. The molecule has 2 saturated heterocycles. The molecule has 4 rings (SSSR count). The summed E-state index contributed by atoms with van der Waals surface area (Å²) in [7, 11) is 0. The highest BCUT2D eigenvalue weighted by Gasteiger charge is 2.32. The van der Waals surface area contributed by atoms with E-state index in [1.807, 2.05) is 4.90 Å². The summed E-state index contributed by atoms with van der Waals surface area (Å²) in [5.74, 6) is -0.425. The summed E-state index contributed by atoms with van der Waals surface area (Å²) in [4.78, 5) is 32.6. The van der Waals surface area contributed by atoms with Gasteiger partial charge in [0, 0.05) is 31.4 Å². The fourth-order valence-corrected chi connectivity index (χ4v) is 4.98. The van der Waals surface area contributed by atoms with Gasteiger partial charge in [-0.05, 0) is 37.5 Å². The molecule has 1 aromatic heterocycles. The van der Waals surface area contributed by atoms with Crippen LogP contribution in [-0.2, 0) is 22.2 Å². The summed E-state index contributed by atoms with van der Waals surface area (Å²) >= 11 is 1.29. The predicted octanol–water partition coefficient (Wildman–Crippen LogP) is 4.85. The Morgan fingerprint density at radius 3 is 2.50 bits per heavy atom. The number of carbonyl (C=O) groups is 2. The van der Waals surface area contributed by atoms with Crippen LogP contribution >= 0.6 is 11.3 Å². The lowest BCUT2D eigenvalue weighted by Crippen LogP contribution is -2.26. The zero-order valence-corrected chi connectivity index (χ0v) is 18.4. The number of amides is 2. The van der Waals surface area contributed by atoms with Gasteiger partial charge in [0.2, 0.25) is 11.8 Å². The molecule has 1 aromatic carbocycles. The minimum atomic E-state index is -4.50. The number of hydrogen-bond acceptors (Lipinski definition) is 5. The molecule has 0 bridgehead atoms. The second-order valence-electron chi connectivity index (χ2n) is 8.13. The lowest BCUT2D eigenvalue weighted by molar-refractivity contribution is -0.137. The van der Waals surface area contributed by atoms with Crippen LogP contribution in [0.3, 0.4) is 0 Å². The van der Waals surface area contributed by atoms with E-state index in [1.165, 1.54) is 17.4 Å². The highest BCUT2D eigenvalue weighted by Crippen LogP contribution is 2.36. The van der Waals surface area contributed by atoms with E-state index < -0.39 is 17.6 Å². The quantitative estimate of drug-likeness (QED) is 0.684. The van der Waals surface area contributed by atoms with Crippen molar-refractivity contribution in [3.8, 4) is 0 Å². The van der Waals surface area contributed by atoms with Crippen LogP contribution in [0.2, 0.25) is 0 Å². The lowest BCUT2D eigenvalue weighted by Gasteiger charge is -2.26. The molecule has 3 heterocycles. The molecular weight excluding hydrogens is 441 g/mol. The van der Waals surface area contributed by atoms with Crippen molar-refractivity contribution in [2.75, 3.05) is 34.8 Å². The van der Waals surface area contributed by atoms with E-state index in [-0.39, 0.29) is 18.0 Å². The van der Waals surface area contributed by atoms with E-state index >= 15 is 0 Å². The first kappa shape index (κ1) is 22.6. The number of thiazole rings is 1. The summed E-state index contributed by atoms with van der Waals surface area (Å²) in [5, 5.41) is 4.95. The van der Waals surface area contributed by atoms with E-state index in [0.29, 0.717) is 29.5 Å². The maximum Gasteiger partial charge on any atom is 0.416 e. The first-order valence-corrected chi connectivity index (χ1v) is 11.7. The lowest BCUT2D eigenvalue weighted by atomic mass is 10.1. The van der Waals surface area contributed by atoms with Crippen molar-refractivity contribution >= 4 is 39.7 Å². The van der Waals surface area contributed by atoms with E-state index in [2.05, 4.69) is 10.3 Å². The van der Waals surface area contributed by atoms with Crippen molar-refractivity contribution in [1.82, 2.24) is 4.98 Å². The normalized spacial score (nSPS) is 17.5. The Morgan fingerprint density at radius 2 is 1.84 bits per heavy atom. The minimum Gasteiger partial charge on any atom is -0.370 e. The molecule has 2 aliphatic rings. The summed E-state index contributed by atoms with van der Waals surface area (Å²) in [5.41, 5.74) is 0.465. The SMILES string of the molecule is O=C(Cc1csc(N2CCCC2=O)n1)Nc1cc(C(F)(F)F)ccc1N1CCCCCC1. The van der Waals surface area contributed by atoms with E-state index in [0.717, 1.165) is 57.3 Å². The van der Waals surface area contributed by atoms with Crippen molar-refractivity contribution in [3.05, 3.63) is 34.8 Å². The second-order valence-corrected chi connectivity index (χ2v) is 8.96. The Balaban J connectivity index is 1.52. The number of nitrogens with zero attached hydrogens (tertiary/aromatic N) is 3. The van der Waals surface area contributed by atoms with Crippen LogP contribution in [0.4, 0.5) is 29.7 Å². The average Bonchev–Trinajstić information content (AvgIpc) is 3.27. The fraction of sp³-hybridized carbons (Fsp3) is 0.500. The molecule has 172 valence electrons. The Morgan fingerprint density at radius 1 is 1.09 bits per heavy atom. The molecule has 10 heteroatoms. The van der Waals surface area contributed by atoms with Crippen molar-refractivity contribution in [1.29, 1.82) is 0 Å². The van der Waals surface area contributed by atoms with Crippen molar-refractivity contribution < 1.29 is 22.8 Å². The highest BCUT2D eigenvalue weighted by molar-refractivity contribution is 7.14. The van der Waals surface area contributed by atoms with Crippen LogP contribution in [0, 0.1) is 0 Å². The molecule has 2 fully saturated rings. The van der Waals surface area contributed by atoms with E-state index in [9.17, 15) is 22.8 Å². The topological polar surface area (TPSA) is 65.5 Å². The van der Waals surface area contributed by atoms with Gasteiger partial charge in [-0.2, -0.15) is 13.2 Å². The van der Waals surface area contributed by atoms with Gasteiger partial charge >= 0.3 is 6.18 Å². The van der Waals surface area contributed by atoms with Crippen LogP contribution in [0.15, 0.2) is 23.6 Å². The molecule has 0 radical (unpaired) electrons. The first-order valence-electron chi connectivity index (χ1n) is 10.8. The molecular formula is C22H25F3N4O2S. The summed E-state index contributed by atoms with van der Waals surface area (Å²) in [6, 6.07) is 3.52. The smallest absolute Gasteiger partial charge is 0.370 e. The highest BCUT2D eigenvalue weighted by atomic mass is 32.1. The summed E-state index contributed by atoms with van der Waals surface area (Å²) in [6.07, 6.45) is 0.801. The Bertz CT molecular complexity index is 984. The molecule has 0 atom stereocenters. The first-order chi connectivity index (χ1) is 15.3. The van der Waals surface area contributed by atoms with Crippen LogP contribution in [0.5, 0.6) is 0 Å². The van der Waals surface area contributed by atoms with Crippen molar-refractivity contribution in [2.45, 2.75) is 51.1 Å². The average molecular weight is 467 g/mol. The predicted molar refractivity (Wildman–Crippen MR) is 118 cm³/mol. The summed E-state index contributed by atoms with van der Waals surface area (Å²) in [6.45, 7) is 2.10.